The van der Waals surface area contributed by atoms with Crippen LogP contribution in [-0.4, -0.2) is 23.1 Å². The minimum absolute atomic E-state index is 0.200. The first-order valence-electron chi connectivity index (χ1n) is 5.90. The third-order valence-corrected chi connectivity index (χ3v) is 3.94. The number of hydrogen-bond acceptors (Lipinski definition) is 3. The van der Waals surface area contributed by atoms with Gasteiger partial charge in [-0.3, -0.25) is 0 Å². The van der Waals surface area contributed by atoms with Crippen molar-refractivity contribution < 1.29 is 9.53 Å². The Morgan fingerprint density at radius 2 is 2.18 bits per heavy atom. The van der Waals surface area contributed by atoms with Crippen LogP contribution >= 0.6 is 11.3 Å². The van der Waals surface area contributed by atoms with Crippen molar-refractivity contribution in [1.82, 2.24) is 4.90 Å². The first kappa shape index (κ1) is 12.4. The van der Waals surface area contributed by atoms with E-state index >= 15 is 0 Å². The molecule has 4 heteroatoms. The van der Waals surface area contributed by atoms with E-state index in [1.807, 2.05) is 20.8 Å². The van der Waals surface area contributed by atoms with E-state index in [0.29, 0.717) is 6.54 Å². The maximum atomic E-state index is 11.9. The fraction of sp³-hybridized carbons (Fsp3) is 0.615. The van der Waals surface area contributed by atoms with Crippen LogP contribution in [0.1, 0.15) is 36.8 Å². The SMILES string of the molecule is Cc1csc2c1CCN(C(=O)OC(C)(C)C)C2. The standard InChI is InChI=1S/C13H19NO2S/c1-9-8-17-11-7-14(6-5-10(9)11)12(15)16-13(2,3)4/h8H,5-7H2,1-4H3. The molecule has 0 spiro atoms. The molecule has 1 amide bonds. The Bertz CT molecular complexity index is 431. The van der Waals surface area contributed by atoms with E-state index in [2.05, 4.69) is 12.3 Å². The predicted molar refractivity (Wildman–Crippen MR) is 69.4 cm³/mol. The minimum Gasteiger partial charge on any atom is -0.444 e. The van der Waals surface area contributed by atoms with Crippen LogP contribution in [0.2, 0.25) is 0 Å². The van der Waals surface area contributed by atoms with Gasteiger partial charge in [0.25, 0.3) is 0 Å². The van der Waals surface area contributed by atoms with Crippen molar-refractivity contribution in [3.63, 3.8) is 0 Å². The number of nitrogens with zero attached hydrogens (tertiary/aromatic N) is 1. The molecule has 1 aromatic heterocycles. The zero-order valence-corrected chi connectivity index (χ0v) is 11.7. The number of hydrogen-bond donors (Lipinski definition) is 0. The van der Waals surface area contributed by atoms with E-state index in [0.717, 1.165) is 13.0 Å². The minimum atomic E-state index is -0.414. The van der Waals surface area contributed by atoms with Gasteiger partial charge in [-0.15, -0.1) is 11.3 Å². The highest BCUT2D eigenvalue weighted by Crippen LogP contribution is 2.28. The molecule has 0 aliphatic carbocycles. The number of carbonyl (C=O) groups is 1. The van der Waals surface area contributed by atoms with Gasteiger partial charge in [-0.05, 0) is 50.6 Å². The van der Waals surface area contributed by atoms with Crippen molar-refractivity contribution in [2.75, 3.05) is 6.54 Å². The summed E-state index contributed by atoms with van der Waals surface area (Å²) in [4.78, 5) is 15.0. The van der Waals surface area contributed by atoms with Crippen molar-refractivity contribution in [2.24, 2.45) is 0 Å². The lowest BCUT2D eigenvalue weighted by molar-refractivity contribution is 0.0226. The van der Waals surface area contributed by atoms with E-state index in [1.165, 1.54) is 16.0 Å². The number of ether oxygens (including phenoxy) is 1. The van der Waals surface area contributed by atoms with Gasteiger partial charge in [-0.2, -0.15) is 0 Å². The number of rotatable bonds is 0. The molecule has 0 N–H and O–H groups in total. The molecule has 3 nitrogen and oxygen atoms in total. The second-order valence-electron chi connectivity index (χ2n) is 5.47. The Morgan fingerprint density at radius 3 is 2.82 bits per heavy atom. The lowest BCUT2D eigenvalue weighted by atomic mass is 10.1. The largest absolute Gasteiger partial charge is 0.444 e. The van der Waals surface area contributed by atoms with Crippen molar-refractivity contribution in [2.45, 2.75) is 46.3 Å². The van der Waals surface area contributed by atoms with Crippen molar-refractivity contribution >= 4 is 17.4 Å². The maximum absolute atomic E-state index is 11.9. The molecule has 0 fully saturated rings. The zero-order chi connectivity index (χ0) is 12.6. The molecule has 2 heterocycles. The van der Waals surface area contributed by atoms with Crippen LogP contribution in [0.5, 0.6) is 0 Å². The Labute approximate surface area is 106 Å². The third-order valence-electron chi connectivity index (χ3n) is 2.81. The Balaban J connectivity index is 2.05. The molecular weight excluding hydrogens is 234 g/mol. The van der Waals surface area contributed by atoms with Crippen LogP contribution in [0.4, 0.5) is 4.79 Å². The van der Waals surface area contributed by atoms with E-state index in [1.54, 1.807) is 16.2 Å². The molecule has 94 valence electrons. The molecule has 0 aromatic carbocycles. The number of fused-ring (bicyclic) bond motifs is 1. The van der Waals surface area contributed by atoms with Crippen LogP contribution in [0.15, 0.2) is 5.38 Å². The summed E-state index contributed by atoms with van der Waals surface area (Å²) in [7, 11) is 0. The molecule has 1 aromatic rings. The zero-order valence-electron chi connectivity index (χ0n) is 10.9. The number of aryl methyl sites for hydroxylation is 1. The monoisotopic (exact) mass is 253 g/mol. The van der Waals surface area contributed by atoms with E-state index in [9.17, 15) is 4.79 Å². The summed E-state index contributed by atoms with van der Waals surface area (Å²) in [6, 6.07) is 0. The van der Waals surface area contributed by atoms with E-state index in [-0.39, 0.29) is 6.09 Å². The summed E-state index contributed by atoms with van der Waals surface area (Å²) in [5, 5.41) is 2.17. The van der Waals surface area contributed by atoms with Crippen molar-refractivity contribution in [1.29, 1.82) is 0 Å². The van der Waals surface area contributed by atoms with Gasteiger partial charge in [0.1, 0.15) is 5.60 Å². The van der Waals surface area contributed by atoms with Gasteiger partial charge in [0.2, 0.25) is 0 Å². The average Bonchev–Trinajstić information content (AvgIpc) is 2.57. The molecule has 0 saturated carbocycles. The van der Waals surface area contributed by atoms with Crippen molar-refractivity contribution in [3.05, 3.63) is 21.4 Å². The Kier molecular flexibility index (Phi) is 3.17. The van der Waals surface area contributed by atoms with Gasteiger partial charge in [-0.25, -0.2) is 4.79 Å². The lowest BCUT2D eigenvalue weighted by Gasteiger charge is -2.30. The second kappa shape index (κ2) is 4.33. The van der Waals surface area contributed by atoms with Crippen molar-refractivity contribution in [3.8, 4) is 0 Å². The summed E-state index contributed by atoms with van der Waals surface area (Å²) in [5.74, 6) is 0. The second-order valence-corrected chi connectivity index (χ2v) is 6.44. The van der Waals surface area contributed by atoms with Gasteiger partial charge in [0.05, 0.1) is 6.54 Å². The van der Waals surface area contributed by atoms with E-state index in [4.69, 9.17) is 4.74 Å². The van der Waals surface area contributed by atoms with Gasteiger partial charge < -0.3 is 9.64 Å². The summed E-state index contributed by atoms with van der Waals surface area (Å²) in [6.45, 7) is 9.29. The van der Waals surface area contributed by atoms with Crippen LogP contribution in [0.25, 0.3) is 0 Å². The maximum Gasteiger partial charge on any atom is 0.410 e. The summed E-state index contributed by atoms with van der Waals surface area (Å²) >= 11 is 1.74. The topological polar surface area (TPSA) is 29.5 Å². The number of carbonyl (C=O) groups excluding carboxylic acids is 1. The molecule has 1 aliphatic heterocycles. The molecule has 2 rings (SSSR count). The van der Waals surface area contributed by atoms with Gasteiger partial charge >= 0.3 is 6.09 Å². The highest BCUT2D eigenvalue weighted by atomic mass is 32.1. The molecule has 17 heavy (non-hydrogen) atoms. The van der Waals surface area contributed by atoms with Gasteiger partial charge in [0, 0.05) is 11.4 Å². The first-order valence-corrected chi connectivity index (χ1v) is 6.78. The lowest BCUT2D eigenvalue weighted by Crippen LogP contribution is -2.39. The predicted octanol–water partition coefficient (Wildman–Crippen LogP) is 3.35. The normalized spacial score (nSPS) is 15.6. The van der Waals surface area contributed by atoms with Crippen LogP contribution < -0.4 is 0 Å². The molecule has 0 bridgehead atoms. The Hall–Kier alpha value is -1.03. The van der Waals surface area contributed by atoms with Gasteiger partial charge in [0.15, 0.2) is 0 Å². The third kappa shape index (κ3) is 2.80. The highest BCUT2D eigenvalue weighted by Gasteiger charge is 2.26. The van der Waals surface area contributed by atoms with Crippen LogP contribution in [0, 0.1) is 6.92 Å². The summed E-state index contributed by atoms with van der Waals surface area (Å²) in [6.07, 6.45) is 0.749. The fourth-order valence-electron chi connectivity index (χ4n) is 1.97. The average molecular weight is 253 g/mol. The molecule has 0 radical (unpaired) electrons. The molecule has 0 atom stereocenters. The number of amides is 1. The first-order chi connectivity index (χ1) is 7.87. The van der Waals surface area contributed by atoms with E-state index < -0.39 is 5.60 Å². The fourth-order valence-corrected chi connectivity index (χ4v) is 3.07. The highest BCUT2D eigenvalue weighted by molar-refractivity contribution is 7.10. The van der Waals surface area contributed by atoms with Gasteiger partial charge in [-0.1, -0.05) is 0 Å². The van der Waals surface area contributed by atoms with Crippen LogP contribution in [0.3, 0.4) is 0 Å². The number of thiophene rings is 1. The Morgan fingerprint density at radius 1 is 1.47 bits per heavy atom. The van der Waals surface area contributed by atoms with Crippen LogP contribution in [-0.2, 0) is 17.7 Å². The molecule has 1 aliphatic rings. The molecule has 0 saturated heterocycles. The summed E-state index contributed by atoms with van der Waals surface area (Å²) in [5.41, 5.74) is 2.37. The summed E-state index contributed by atoms with van der Waals surface area (Å²) < 4.78 is 5.39. The smallest absolute Gasteiger partial charge is 0.410 e. The molecule has 0 unspecified atom stereocenters. The quantitative estimate of drug-likeness (QED) is 0.709. The molecular formula is C13H19NO2S.